The number of urea groups is 1. The summed E-state index contributed by atoms with van der Waals surface area (Å²) in [4.78, 5) is 32.6. The van der Waals surface area contributed by atoms with Crippen molar-refractivity contribution in [3.8, 4) is 6.07 Å². The number of H-pyrrole nitrogens is 1. The maximum absolute atomic E-state index is 13.0. The van der Waals surface area contributed by atoms with Gasteiger partial charge in [0.2, 0.25) is 0 Å². The molecule has 1 saturated carbocycles. The van der Waals surface area contributed by atoms with Gasteiger partial charge >= 0.3 is 6.03 Å². The van der Waals surface area contributed by atoms with E-state index >= 15 is 0 Å². The maximum Gasteiger partial charge on any atom is 0.320 e. The van der Waals surface area contributed by atoms with E-state index in [2.05, 4.69) is 28.5 Å². The molecule has 2 fully saturated rings. The maximum atomic E-state index is 13.0. The van der Waals surface area contributed by atoms with Crippen LogP contribution in [-0.4, -0.2) is 43.7 Å². The van der Waals surface area contributed by atoms with Crippen LogP contribution < -0.4 is 10.9 Å². The Morgan fingerprint density at radius 3 is 2.62 bits per heavy atom. The topological polar surface area (TPSA) is 110 Å². The van der Waals surface area contributed by atoms with Gasteiger partial charge in [0.1, 0.15) is 5.39 Å². The van der Waals surface area contributed by atoms with Crippen molar-refractivity contribution in [2.24, 2.45) is 5.92 Å². The van der Waals surface area contributed by atoms with E-state index in [-0.39, 0.29) is 23.6 Å². The number of amides is 2. The quantitative estimate of drug-likeness (QED) is 0.491. The minimum atomic E-state index is -0.201. The molecule has 2 amide bonds. The molecule has 37 heavy (non-hydrogen) atoms. The first-order valence-electron chi connectivity index (χ1n) is 13.5. The zero-order valence-corrected chi connectivity index (χ0v) is 21.1. The van der Waals surface area contributed by atoms with E-state index in [4.69, 9.17) is 5.10 Å². The molecule has 1 saturated heterocycles. The first-order valence-corrected chi connectivity index (χ1v) is 13.5. The average molecular weight is 500 g/mol. The minimum absolute atomic E-state index is 0.0540. The zero-order valence-electron chi connectivity index (χ0n) is 21.1. The molecule has 1 aromatic carbocycles. The smallest absolute Gasteiger partial charge is 0.320 e. The van der Waals surface area contributed by atoms with Gasteiger partial charge in [-0.15, -0.1) is 0 Å². The highest BCUT2D eigenvalue weighted by atomic mass is 16.2. The number of nitrogens with one attached hydrogen (secondary N) is 2. The lowest BCUT2D eigenvalue weighted by molar-refractivity contribution is 0.143. The second-order valence-electron chi connectivity index (χ2n) is 10.6. The summed E-state index contributed by atoms with van der Waals surface area (Å²) in [7, 11) is 0. The Morgan fingerprint density at radius 2 is 1.78 bits per heavy atom. The van der Waals surface area contributed by atoms with Gasteiger partial charge in [0.05, 0.1) is 23.5 Å². The number of anilines is 2. The molecule has 2 aromatic heterocycles. The predicted molar refractivity (Wildman–Crippen MR) is 141 cm³/mol. The highest BCUT2D eigenvalue weighted by Gasteiger charge is 2.30. The van der Waals surface area contributed by atoms with Crippen LogP contribution in [0.2, 0.25) is 0 Å². The molecule has 9 heteroatoms. The number of hydrogen-bond donors (Lipinski definition) is 2. The Hall–Kier alpha value is -3.80. The first-order chi connectivity index (χ1) is 18.1. The van der Waals surface area contributed by atoms with E-state index in [9.17, 15) is 14.9 Å². The van der Waals surface area contributed by atoms with E-state index in [1.807, 2.05) is 26.6 Å². The van der Waals surface area contributed by atoms with Crippen LogP contribution in [0.25, 0.3) is 10.9 Å². The summed E-state index contributed by atoms with van der Waals surface area (Å²) in [6, 6.07) is 10.5. The molecule has 3 aliphatic rings. The first kappa shape index (κ1) is 23.6. The van der Waals surface area contributed by atoms with Gasteiger partial charge in [0.25, 0.3) is 5.56 Å². The Morgan fingerprint density at radius 1 is 1.00 bits per heavy atom. The third-order valence-electron chi connectivity index (χ3n) is 8.18. The van der Waals surface area contributed by atoms with Gasteiger partial charge < -0.3 is 20.1 Å². The molecule has 6 rings (SSSR count). The number of piperidine rings is 1. The summed E-state index contributed by atoms with van der Waals surface area (Å²) in [6.07, 6.45) is 9.95. The highest BCUT2D eigenvalue weighted by molar-refractivity contribution is 5.91. The monoisotopic (exact) mass is 499 g/mol. The second kappa shape index (κ2) is 9.92. The molecule has 0 bridgehead atoms. The molecule has 0 radical (unpaired) electrons. The Kier molecular flexibility index (Phi) is 6.33. The normalized spacial score (nSPS) is 21.9. The lowest BCUT2D eigenvalue weighted by Crippen LogP contribution is -2.43. The van der Waals surface area contributed by atoms with Crippen LogP contribution in [0.15, 0.2) is 35.3 Å². The molecule has 0 spiro atoms. The number of hydrogen-bond acceptors (Lipinski definition) is 5. The van der Waals surface area contributed by atoms with Gasteiger partial charge in [-0.25, -0.2) is 4.79 Å². The Balaban J connectivity index is 1.28. The second-order valence-corrected chi connectivity index (χ2v) is 10.6. The molecule has 192 valence electrons. The third kappa shape index (κ3) is 4.45. The van der Waals surface area contributed by atoms with Crippen LogP contribution in [-0.2, 0) is 13.1 Å². The zero-order chi connectivity index (χ0) is 25.4. The van der Waals surface area contributed by atoms with E-state index in [0.29, 0.717) is 24.3 Å². The van der Waals surface area contributed by atoms with Crippen molar-refractivity contribution < 1.29 is 4.79 Å². The molecule has 1 aliphatic carbocycles. The van der Waals surface area contributed by atoms with Gasteiger partial charge in [0.15, 0.2) is 5.82 Å². The molecule has 2 atom stereocenters. The van der Waals surface area contributed by atoms with Crippen LogP contribution in [0.4, 0.5) is 16.3 Å². The van der Waals surface area contributed by atoms with Crippen molar-refractivity contribution in [2.75, 3.05) is 18.4 Å². The van der Waals surface area contributed by atoms with Crippen molar-refractivity contribution in [1.29, 1.82) is 5.26 Å². The summed E-state index contributed by atoms with van der Waals surface area (Å²) < 4.78 is 1.90. The van der Waals surface area contributed by atoms with Crippen molar-refractivity contribution >= 4 is 28.4 Å². The fraction of sp³-hybridized carbons (Fsp3) is 0.500. The molecule has 2 N–H and O–H groups in total. The molecular weight excluding hydrogens is 466 g/mol. The summed E-state index contributed by atoms with van der Waals surface area (Å²) in [6.45, 7) is 2.90. The van der Waals surface area contributed by atoms with E-state index in [1.54, 1.807) is 6.20 Å². The lowest BCUT2D eigenvalue weighted by Gasteiger charge is -2.30. The number of pyridine rings is 1. The van der Waals surface area contributed by atoms with Gasteiger partial charge in [-0.05, 0) is 61.4 Å². The van der Waals surface area contributed by atoms with Gasteiger partial charge in [0, 0.05) is 38.1 Å². The van der Waals surface area contributed by atoms with Crippen LogP contribution >= 0.6 is 0 Å². The van der Waals surface area contributed by atoms with Crippen LogP contribution in [0, 0.1) is 17.2 Å². The molecule has 2 unspecified atom stereocenters. The minimum Gasteiger partial charge on any atom is -0.338 e. The highest BCUT2D eigenvalue weighted by Crippen LogP contribution is 2.36. The number of aromatic nitrogens is 3. The van der Waals surface area contributed by atoms with E-state index in [1.165, 1.54) is 6.42 Å². The fourth-order valence-electron chi connectivity index (χ4n) is 6.20. The number of nitriles is 1. The summed E-state index contributed by atoms with van der Waals surface area (Å²) >= 11 is 0. The number of aromatic amines is 1. The number of carbonyl (C=O) groups is 1. The largest absolute Gasteiger partial charge is 0.338 e. The molecule has 2 aliphatic heterocycles. The lowest BCUT2D eigenvalue weighted by atomic mass is 9.96. The number of fused-ring (bicyclic) bond motifs is 2. The third-order valence-corrected chi connectivity index (χ3v) is 8.18. The fourth-order valence-corrected chi connectivity index (χ4v) is 6.20. The SMILES string of the molecule is N#CC1CCCCCC1n1nc(Nc2ccc3c(c2)CN(C(=O)N2CCCCC2)C3)c2c(=O)[nH]ccc21. The Labute approximate surface area is 216 Å². The van der Waals surface area contributed by atoms with Crippen LogP contribution in [0.5, 0.6) is 0 Å². The van der Waals surface area contributed by atoms with Crippen LogP contribution in [0.3, 0.4) is 0 Å². The van der Waals surface area contributed by atoms with Gasteiger partial charge in [-0.3, -0.25) is 9.48 Å². The van der Waals surface area contributed by atoms with Gasteiger partial charge in [-0.2, -0.15) is 10.4 Å². The van der Waals surface area contributed by atoms with Crippen molar-refractivity contribution in [3.63, 3.8) is 0 Å². The van der Waals surface area contributed by atoms with Crippen molar-refractivity contribution in [2.45, 2.75) is 70.5 Å². The van der Waals surface area contributed by atoms with Crippen LogP contribution in [0.1, 0.15) is 68.5 Å². The van der Waals surface area contributed by atoms with E-state index in [0.717, 1.165) is 80.4 Å². The summed E-state index contributed by atoms with van der Waals surface area (Å²) in [5.74, 6) is 0.373. The Bertz CT molecular complexity index is 1410. The summed E-state index contributed by atoms with van der Waals surface area (Å²) in [5.41, 5.74) is 3.64. The van der Waals surface area contributed by atoms with Crippen molar-refractivity contribution in [3.05, 3.63) is 51.9 Å². The number of nitrogens with zero attached hydrogens (tertiary/aromatic N) is 5. The number of rotatable bonds is 3. The molecular formula is C28H33N7O2. The molecule has 9 nitrogen and oxygen atoms in total. The predicted octanol–water partition coefficient (Wildman–Crippen LogP) is 5.03. The number of benzene rings is 1. The van der Waals surface area contributed by atoms with E-state index < -0.39 is 0 Å². The molecule has 3 aromatic rings. The summed E-state index contributed by atoms with van der Waals surface area (Å²) in [5, 5.41) is 18.6. The number of likely N-dealkylation sites (tertiary alicyclic amines) is 1. The standard InChI is InChI=1S/C28H33N7O2/c29-16-19-7-3-1-4-8-23(19)35-24-11-12-30-27(36)25(24)26(32-35)31-22-10-9-20-17-34(18-21(20)15-22)28(37)33-13-5-2-6-14-33/h9-12,15,19,23H,1-8,13-14,17-18H2,(H,30,36)(H,31,32). The number of carbonyl (C=O) groups excluding carboxylic acids is 1. The average Bonchev–Trinajstić information content (AvgIpc) is 3.42. The van der Waals surface area contributed by atoms with Gasteiger partial charge in [-0.1, -0.05) is 25.3 Å². The molecule has 4 heterocycles. The van der Waals surface area contributed by atoms with Crippen molar-refractivity contribution in [1.82, 2.24) is 24.6 Å².